The summed E-state index contributed by atoms with van der Waals surface area (Å²) in [5.41, 5.74) is 10.7. The minimum atomic E-state index is 0.763. The van der Waals surface area contributed by atoms with Crippen molar-refractivity contribution < 1.29 is 0 Å². The van der Waals surface area contributed by atoms with E-state index >= 15 is 0 Å². The lowest BCUT2D eigenvalue weighted by atomic mass is 10.0. The molecule has 2 N–H and O–H groups in total. The zero-order valence-corrected chi connectivity index (χ0v) is 28.7. The number of aromatic nitrogens is 2. The number of para-hydroxylation sites is 4. The van der Waals surface area contributed by atoms with Gasteiger partial charge in [0.2, 0.25) is 0 Å². The molecule has 0 bridgehead atoms. The van der Waals surface area contributed by atoms with E-state index in [1.165, 1.54) is 23.2 Å². The number of rotatable bonds is 7. The van der Waals surface area contributed by atoms with E-state index in [1.54, 1.807) is 0 Å². The molecule has 53 heavy (non-hydrogen) atoms. The molecule has 250 valence electrons. The van der Waals surface area contributed by atoms with Crippen LogP contribution in [-0.4, -0.2) is 21.6 Å². The second-order valence-electron chi connectivity index (χ2n) is 13.4. The molecule has 0 saturated carbocycles. The summed E-state index contributed by atoms with van der Waals surface area (Å²) in [6.45, 7) is 0. The molecule has 2 aromatic heterocycles. The average molecular weight is 680 g/mol. The fourth-order valence-corrected chi connectivity index (χ4v) is 8.19. The third kappa shape index (κ3) is 4.71. The molecule has 0 fully saturated rings. The molecule has 5 heteroatoms. The zero-order chi connectivity index (χ0) is 35.5. The maximum atomic E-state index is 8.78. The van der Waals surface area contributed by atoms with E-state index < -0.39 is 0 Å². The molecule has 0 atom stereocenters. The van der Waals surface area contributed by atoms with Crippen LogP contribution in [0.2, 0.25) is 0 Å². The van der Waals surface area contributed by atoms with Crippen LogP contribution in [0, 0.1) is 10.8 Å². The number of nitrogens with one attached hydrogen (secondary N) is 2. The van der Waals surface area contributed by atoms with E-state index in [9.17, 15) is 0 Å². The van der Waals surface area contributed by atoms with Gasteiger partial charge in [0.1, 0.15) is 0 Å². The van der Waals surface area contributed by atoms with Crippen LogP contribution >= 0.6 is 0 Å². The summed E-state index contributed by atoms with van der Waals surface area (Å²) in [7, 11) is 0. The Hall–Kier alpha value is -7.24. The molecule has 0 aliphatic carbocycles. The fraction of sp³-hybridized carbons (Fsp3) is 0. The summed E-state index contributed by atoms with van der Waals surface area (Å²) in [4.78, 5) is 2.30. The predicted molar refractivity (Wildman–Crippen MR) is 223 cm³/mol. The summed E-state index contributed by atoms with van der Waals surface area (Å²) >= 11 is 0. The first-order valence-electron chi connectivity index (χ1n) is 17.8. The van der Waals surface area contributed by atoms with Gasteiger partial charge in [-0.3, -0.25) is 0 Å². The van der Waals surface area contributed by atoms with Gasteiger partial charge in [0, 0.05) is 62.2 Å². The Balaban J connectivity index is 1.27. The zero-order valence-electron chi connectivity index (χ0n) is 28.7. The Labute approximate surface area is 306 Å². The molecule has 0 amide bonds. The first-order chi connectivity index (χ1) is 26.2. The Morgan fingerprint density at radius 3 is 1.43 bits per heavy atom. The van der Waals surface area contributed by atoms with E-state index in [1.807, 2.05) is 12.1 Å². The Kier molecular flexibility index (Phi) is 7.05. The normalized spacial score (nSPS) is 11.5. The Morgan fingerprint density at radius 1 is 0.377 bits per heavy atom. The topological polar surface area (TPSA) is 60.8 Å². The third-order valence-electron chi connectivity index (χ3n) is 10.5. The van der Waals surface area contributed by atoms with Crippen molar-refractivity contribution in [2.75, 3.05) is 4.90 Å². The van der Waals surface area contributed by atoms with Crippen LogP contribution in [0.25, 0.3) is 65.8 Å². The van der Waals surface area contributed by atoms with E-state index in [0.717, 1.165) is 83.2 Å². The van der Waals surface area contributed by atoms with Gasteiger partial charge in [-0.05, 0) is 83.6 Å². The van der Waals surface area contributed by atoms with Gasteiger partial charge in [-0.15, -0.1) is 0 Å². The highest BCUT2D eigenvalue weighted by atomic mass is 15.1. The lowest BCUT2D eigenvalue weighted by Gasteiger charge is -2.25. The van der Waals surface area contributed by atoms with Crippen LogP contribution in [0.15, 0.2) is 176 Å². The molecular weight excluding hydrogens is 647 g/mol. The number of hydrogen-bond acceptors (Lipinski definition) is 3. The van der Waals surface area contributed by atoms with Crippen LogP contribution in [0.4, 0.5) is 17.1 Å². The predicted octanol–water partition coefficient (Wildman–Crippen LogP) is 12.5. The fourth-order valence-electron chi connectivity index (χ4n) is 8.19. The van der Waals surface area contributed by atoms with Crippen LogP contribution in [-0.2, 0) is 0 Å². The largest absolute Gasteiger partial charge is 0.310 e. The van der Waals surface area contributed by atoms with Crippen molar-refractivity contribution in [1.29, 1.82) is 10.8 Å². The molecule has 0 aliphatic heterocycles. The van der Waals surface area contributed by atoms with Gasteiger partial charge in [0.25, 0.3) is 0 Å². The molecule has 0 radical (unpaired) electrons. The Morgan fingerprint density at radius 2 is 0.849 bits per heavy atom. The SMILES string of the molecule is N=Cc1cc(-n2c3ccc(N(c4ccccc4)c4ccccc4)cc3c3c4ccccc4ccc32)c(C=N)cc1-n1c2ccccc2c2ccccc21. The molecule has 5 nitrogen and oxygen atoms in total. The molecular formula is C48H33N5. The van der Waals surface area contributed by atoms with Gasteiger partial charge in [-0.1, -0.05) is 103 Å². The van der Waals surface area contributed by atoms with Crippen molar-refractivity contribution in [2.24, 2.45) is 0 Å². The van der Waals surface area contributed by atoms with Crippen LogP contribution < -0.4 is 4.90 Å². The molecule has 0 saturated heterocycles. The first kappa shape index (κ1) is 30.6. The van der Waals surface area contributed by atoms with Gasteiger partial charge in [-0.25, -0.2) is 0 Å². The number of benzene rings is 8. The Bertz CT molecular complexity index is 2950. The average Bonchev–Trinajstić information content (AvgIpc) is 3.74. The third-order valence-corrected chi connectivity index (χ3v) is 10.5. The minimum Gasteiger partial charge on any atom is -0.310 e. The van der Waals surface area contributed by atoms with Gasteiger partial charge in [0.05, 0.1) is 33.4 Å². The number of fused-ring (bicyclic) bond motifs is 8. The summed E-state index contributed by atoms with van der Waals surface area (Å²) in [5, 5.41) is 24.4. The van der Waals surface area contributed by atoms with E-state index in [0.29, 0.717) is 0 Å². The molecule has 10 aromatic rings. The minimum absolute atomic E-state index is 0.763. The standard InChI is InChI=1S/C48H33N5/c49-30-33-28-47(34(31-50)27-46(33)52-42-21-11-9-19-39(42)40-20-10-12-22-43(40)52)53-44-26-24-37(51(35-14-3-1-4-15-35)36-16-5-2-6-17-36)29-41(44)48-38-18-8-7-13-32(38)23-25-45(48)53/h1-31,49-50H. The molecule has 8 aromatic carbocycles. The van der Waals surface area contributed by atoms with Crippen LogP contribution in [0.3, 0.4) is 0 Å². The summed E-state index contributed by atoms with van der Waals surface area (Å²) < 4.78 is 4.51. The number of anilines is 3. The van der Waals surface area contributed by atoms with E-state index in [-0.39, 0.29) is 0 Å². The maximum absolute atomic E-state index is 8.78. The number of hydrogen-bond donors (Lipinski definition) is 2. The molecule has 2 heterocycles. The molecule has 0 aliphatic rings. The molecule has 10 rings (SSSR count). The maximum Gasteiger partial charge on any atom is 0.0557 e. The smallest absolute Gasteiger partial charge is 0.0557 e. The summed E-state index contributed by atoms with van der Waals surface area (Å²) in [5.74, 6) is 0. The van der Waals surface area contributed by atoms with Gasteiger partial charge >= 0.3 is 0 Å². The first-order valence-corrected chi connectivity index (χ1v) is 17.8. The van der Waals surface area contributed by atoms with Crippen LogP contribution in [0.5, 0.6) is 0 Å². The van der Waals surface area contributed by atoms with Crippen molar-refractivity contribution in [2.45, 2.75) is 0 Å². The lowest BCUT2D eigenvalue weighted by molar-refractivity contribution is 1.13. The second-order valence-corrected chi connectivity index (χ2v) is 13.4. The highest BCUT2D eigenvalue weighted by Gasteiger charge is 2.22. The van der Waals surface area contributed by atoms with Crippen molar-refractivity contribution in [1.82, 2.24) is 9.13 Å². The lowest BCUT2D eigenvalue weighted by Crippen LogP contribution is -2.09. The quantitative estimate of drug-likeness (QED) is 0.162. The highest BCUT2D eigenvalue weighted by molar-refractivity contribution is 6.22. The summed E-state index contributed by atoms with van der Waals surface area (Å²) in [6.07, 6.45) is 2.88. The van der Waals surface area contributed by atoms with Gasteiger partial charge < -0.3 is 24.9 Å². The second kappa shape index (κ2) is 12.2. The van der Waals surface area contributed by atoms with Crippen molar-refractivity contribution >= 4 is 83.9 Å². The highest BCUT2D eigenvalue weighted by Crippen LogP contribution is 2.43. The molecule has 0 unspecified atom stereocenters. The van der Waals surface area contributed by atoms with Gasteiger partial charge in [-0.2, -0.15) is 0 Å². The summed E-state index contributed by atoms with van der Waals surface area (Å²) in [6, 6.07) is 61.6. The van der Waals surface area contributed by atoms with E-state index in [2.05, 4.69) is 178 Å². The number of nitrogens with zero attached hydrogens (tertiary/aromatic N) is 3. The van der Waals surface area contributed by atoms with Crippen molar-refractivity contribution in [3.63, 3.8) is 0 Å². The van der Waals surface area contributed by atoms with Crippen LogP contribution in [0.1, 0.15) is 11.1 Å². The van der Waals surface area contributed by atoms with Crippen molar-refractivity contribution in [3.05, 3.63) is 187 Å². The van der Waals surface area contributed by atoms with Crippen molar-refractivity contribution in [3.8, 4) is 11.4 Å². The van der Waals surface area contributed by atoms with Gasteiger partial charge in [0.15, 0.2) is 0 Å². The monoisotopic (exact) mass is 679 g/mol. The molecule has 0 spiro atoms. The van der Waals surface area contributed by atoms with E-state index in [4.69, 9.17) is 10.8 Å².